The lowest BCUT2D eigenvalue weighted by molar-refractivity contribution is -0.0328. The lowest BCUT2D eigenvalue weighted by Gasteiger charge is -2.08. The number of amides is 2. The van der Waals surface area contributed by atoms with E-state index in [4.69, 9.17) is 0 Å². The molecule has 0 unspecified atom stereocenters. The number of benzene rings is 1. The fourth-order valence-electron chi connectivity index (χ4n) is 1.16. The van der Waals surface area contributed by atoms with E-state index in [9.17, 15) is 22.8 Å². The topological polar surface area (TPSA) is 67.4 Å². The maximum atomic E-state index is 12.1. The van der Waals surface area contributed by atoms with Gasteiger partial charge in [0.05, 0.1) is 6.61 Å². The molecule has 2 N–H and O–H groups in total. The molecule has 9 heteroatoms. The maximum Gasteiger partial charge on any atom is 0.446 e. The third kappa shape index (κ3) is 5.83. The summed E-state index contributed by atoms with van der Waals surface area (Å²) in [4.78, 5) is 22.4. The average molecular weight is 308 g/mol. The molecule has 1 aromatic rings. The first-order valence-electron chi connectivity index (χ1n) is 5.40. The fourth-order valence-corrected chi connectivity index (χ4v) is 1.69. The minimum Gasteiger partial charge on any atom is -0.449 e. The number of hydrogen-bond acceptors (Lipinski definition) is 4. The van der Waals surface area contributed by atoms with Crippen LogP contribution in [0.25, 0.3) is 0 Å². The number of carbonyl (C=O) groups is 2. The number of halogens is 3. The molecular formula is C11H11F3N2O3S. The Kier molecular flexibility index (Phi) is 5.68. The molecule has 0 atom stereocenters. The van der Waals surface area contributed by atoms with Gasteiger partial charge in [0.2, 0.25) is 0 Å². The zero-order chi connectivity index (χ0) is 15.2. The highest BCUT2D eigenvalue weighted by Gasteiger charge is 2.29. The Morgan fingerprint density at radius 1 is 1.20 bits per heavy atom. The molecule has 0 saturated heterocycles. The Morgan fingerprint density at radius 2 is 1.80 bits per heavy atom. The molecular weight excluding hydrogens is 297 g/mol. The van der Waals surface area contributed by atoms with E-state index < -0.39 is 17.5 Å². The van der Waals surface area contributed by atoms with Gasteiger partial charge < -0.3 is 4.74 Å². The summed E-state index contributed by atoms with van der Waals surface area (Å²) in [5.74, 6) is -0.665. The predicted molar refractivity (Wildman–Crippen MR) is 66.0 cm³/mol. The van der Waals surface area contributed by atoms with Gasteiger partial charge in [-0.05, 0) is 43.0 Å². The highest BCUT2D eigenvalue weighted by molar-refractivity contribution is 8.00. The third-order valence-corrected chi connectivity index (χ3v) is 2.64. The van der Waals surface area contributed by atoms with E-state index in [1.54, 1.807) is 6.92 Å². The van der Waals surface area contributed by atoms with Crippen molar-refractivity contribution in [2.75, 3.05) is 6.61 Å². The first kappa shape index (κ1) is 16.2. The highest BCUT2D eigenvalue weighted by Crippen LogP contribution is 2.36. The first-order valence-corrected chi connectivity index (χ1v) is 6.22. The molecule has 0 aliphatic heterocycles. The molecule has 0 aliphatic rings. The van der Waals surface area contributed by atoms with Crippen molar-refractivity contribution in [1.29, 1.82) is 0 Å². The van der Waals surface area contributed by atoms with Crippen LogP contribution in [0, 0.1) is 0 Å². The van der Waals surface area contributed by atoms with Crippen molar-refractivity contribution in [3.63, 3.8) is 0 Å². The lowest BCUT2D eigenvalue weighted by Crippen LogP contribution is -2.41. The summed E-state index contributed by atoms with van der Waals surface area (Å²) >= 11 is -0.275. The average Bonchev–Trinajstić information content (AvgIpc) is 2.35. The van der Waals surface area contributed by atoms with Gasteiger partial charge in [-0.15, -0.1) is 0 Å². The van der Waals surface area contributed by atoms with Crippen LogP contribution in [-0.4, -0.2) is 24.1 Å². The number of hydrazine groups is 1. The summed E-state index contributed by atoms with van der Waals surface area (Å²) in [5, 5.41) is 0. The Morgan fingerprint density at radius 3 is 2.30 bits per heavy atom. The van der Waals surface area contributed by atoms with Crippen LogP contribution in [-0.2, 0) is 4.74 Å². The van der Waals surface area contributed by atoms with E-state index in [1.807, 2.05) is 5.43 Å². The molecule has 0 aromatic heterocycles. The van der Waals surface area contributed by atoms with E-state index in [2.05, 4.69) is 10.2 Å². The van der Waals surface area contributed by atoms with Crippen LogP contribution in [0.2, 0.25) is 0 Å². The highest BCUT2D eigenvalue weighted by atomic mass is 32.2. The fraction of sp³-hybridized carbons (Fsp3) is 0.273. The molecule has 5 nitrogen and oxygen atoms in total. The van der Waals surface area contributed by atoms with Gasteiger partial charge in [0.15, 0.2) is 0 Å². The molecule has 0 fully saturated rings. The van der Waals surface area contributed by atoms with Gasteiger partial charge in [-0.25, -0.2) is 10.2 Å². The van der Waals surface area contributed by atoms with Gasteiger partial charge >= 0.3 is 11.6 Å². The number of nitrogens with one attached hydrogen (secondary N) is 2. The minimum absolute atomic E-state index is 0.0348. The molecule has 0 heterocycles. The normalized spacial score (nSPS) is 10.8. The molecule has 2 amide bonds. The van der Waals surface area contributed by atoms with E-state index >= 15 is 0 Å². The van der Waals surface area contributed by atoms with Gasteiger partial charge in [-0.3, -0.25) is 10.2 Å². The summed E-state index contributed by atoms with van der Waals surface area (Å²) in [7, 11) is 0. The van der Waals surface area contributed by atoms with Crippen LogP contribution in [0.1, 0.15) is 17.3 Å². The maximum absolute atomic E-state index is 12.1. The zero-order valence-corrected chi connectivity index (χ0v) is 11.1. The van der Waals surface area contributed by atoms with E-state index in [-0.39, 0.29) is 28.8 Å². The van der Waals surface area contributed by atoms with E-state index in [0.29, 0.717) is 0 Å². The second-order valence-corrected chi connectivity index (χ2v) is 4.51. The molecule has 0 aliphatic carbocycles. The number of ether oxygens (including phenoxy) is 1. The van der Waals surface area contributed by atoms with Crippen molar-refractivity contribution in [2.24, 2.45) is 0 Å². The quantitative estimate of drug-likeness (QED) is 0.665. The van der Waals surface area contributed by atoms with E-state index in [0.717, 1.165) is 12.1 Å². The summed E-state index contributed by atoms with van der Waals surface area (Å²) < 4.78 is 40.8. The third-order valence-electron chi connectivity index (χ3n) is 1.90. The van der Waals surface area contributed by atoms with Crippen molar-refractivity contribution in [1.82, 2.24) is 10.9 Å². The Labute approximate surface area is 116 Å². The van der Waals surface area contributed by atoms with Crippen molar-refractivity contribution in [2.45, 2.75) is 17.3 Å². The zero-order valence-electron chi connectivity index (χ0n) is 10.3. The lowest BCUT2D eigenvalue weighted by atomic mass is 10.2. The second-order valence-electron chi connectivity index (χ2n) is 3.37. The molecule has 0 saturated carbocycles. The van der Waals surface area contributed by atoms with Crippen molar-refractivity contribution < 1.29 is 27.5 Å². The van der Waals surface area contributed by atoms with Crippen LogP contribution in [0.5, 0.6) is 0 Å². The molecule has 1 rings (SSSR count). The van der Waals surface area contributed by atoms with Crippen molar-refractivity contribution in [3.8, 4) is 0 Å². The molecule has 0 spiro atoms. The Balaban J connectivity index is 2.55. The molecule has 1 aromatic carbocycles. The van der Waals surface area contributed by atoms with Gasteiger partial charge in [-0.2, -0.15) is 13.2 Å². The van der Waals surface area contributed by atoms with Crippen molar-refractivity contribution >= 4 is 23.8 Å². The largest absolute Gasteiger partial charge is 0.449 e. The summed E-state index contributed by atoms with van der Waals surface area (Å²) in [6.45, 7) is 1.74. The van der Waals surface area contributed by atoms with Crippen LogP contribution < -0.4 is 10.9 Å². The van der Waals surface area contributed by atoms with Crippen molar-refractivity contribution in [3.05, 3.63) is 29.8 Å². The predicted octanol–water partition coefficient (Wildman–Crippen LogP) is 2.69. The number of carbonyl (C=O) groups excluding carboxylic acids is 2. The monoisotopic (exact) mass is 308 g/mol. The number of alkyl halides is 3. The number of rotatable bonds is 3. The number of thioether (sulfide) groups is 1. The van der Waals surface area contributed by atoms with Crippen LogP contribution >= 0.6 is 11.8 Å². The molecule has 0 bridgehead atoms. The second kappa shape index (κ2) is 7.04. The van der Waals surface area contributed by atoms with Gasteiger partial charge in [0.1, 0.15) is 0 Å². The molecule has 20 heavy (non-hydrogen) atoms. The molecule has 0 radical (unpaired) electrons. The van der Waals surface area contributed by atoms with Gasteiger partial charge in [0.25, 0.3) is 5.91 Å². The van der Waals surface area contributed by atoms with Crippen LogP contribution in [0.3, 0.4) is 0 Å². The minimum atomic E-state index is -4.38. The summed E-state index contributed by atoms with van der Waals surface area (Å²) in [5.41, 5.74) is -0.227. The smallest absolute Gasteiger partial charge is 0.446 e. The summed E-state index contributed by atoms with van der Waals surface area (Å²) in [6.07, 6.45) is -0.829. The van der Waals surface area contributed by atoms with Gasteiger partial charge in [0, 0.05) is 10.5 Å². The molecule has 110 valence electrons. The van der Waals surface area contributed by atoms with Gasteiger partial charge in [-0.1, -0.05) is 0 Å². The Hall–Kier alpha value is -1.90. The first-order chi connectivity index (χ1) is 9.31. The summed E-state index contributed by atoms with van der Waals surface area (Å²) in [6, 6.07) is 4.77. The van der Waals surface area contributed by atoms with Crippen LogP contribution in [0.4, 0.5) is 18.0 Å². The standard InChI is InChI=1S/C11H11F3N2O3S/c1-2-19-10(18)16-15-9(17)7-3-5-8(6-4-7)20-11(12,13)14/h3-6H,2H2,1H3,(H,15,17)(H,16,18). The Bertz CT molecular complexity index is 477. The van der Waals surface area contributed by atoms with E-state index in [1.165, 1.54) is 12.1 Å². The van der Waals surface area contributed by atoms with Crippen LogP contribution in [0.15, 0.2) is 29.2 Å². The SMILES string of the molecule is CCOC(=O)NNC(=O)c1ccc(SC(F)(F)F)cc1. The number of hydrogen-bond donors (Lipinski definition) is 2.